The lowest BCUT2D eigenvalue weighted by Gasteiger charge is -2.43. The molecule has 0 unspecified atom stereocenters. The molecule has 0 bridgehead atoms. The highest BCUT2D eigenvalue weighted by Crippen LogP contribution is 2.56. The summed E-state index contributed by atoms with van der Waals surface area (Å²) in [4.78, 5) is 126. The number of aliphatic hydroxyl groups excluding tert-OH is 1. The summed E-state index contributed by atoms with van der Waals surface area (Å²) in [6, 6.07) is 33.5. The van der Waals surface area contributed by atoms with E-state index in [4.69, 9.17) is 75.8 Å². The van der Waals surface area contributed by atoms with Crippen LogP contribution in [0.5, 0.6) is 28.7 Å². The fraction of sp³-hybridized carbons (Fsp3) is 0.471. The number of amides is 5. The van der Waals surface area contributed by atoms with Gasteiger partial charge in [-0.05, 0) is 114 Å². The van der Waals surface area contributed by atoms with Gasteiger partial charge >= 0.3 is 36.1 Å². The Morgan fingerprint density at radius 2 is 1.20 bits per heavy atom. The number of unbranched alkanes of at least 4 members (excludes halogenated alkanes) is 2. The minimum atomic E-state index is -1.86. The van der Waals surface area contributed by atoms with E-state index >= 15 is 4.79 Å². The van der Waals surface area contributed by atoms with Gasteiger partial charge in [0.25, 0.3) is 11.8 Å². The Kier molecular flexibility index (Phi) is 27.6. The van der Waals surface area contributed by atoms with Crippen molar-refractivity contribution in [3.05, 3.63) is 154 Å². The second kappa shape index (κ2) is 38.6. The number of fused-ring (bicyclic) bond motifs is 8. The van der Waals surface area contributed by atoms with Crippen LogP contribution in [0.25, 0.3) is 11.1 Å². The van der Waals surface area contributed by atoms with Crippen molar-refractivity contribution in [1.82, 2.24) is 15.1 Å². The van der Waals surface area contributed by atoms with Gasteiger partial charge in [-0.1, -0.05) is 78.9 Å². The molecular weight excluding hydrogens is 1520 g/mol. The van der Waals surface area contributed by atoms with Crippen molar-refractivity contribution < 1.29 is 124 Å². The third-order valence-electron chi connectivity index (χ3n) is 21.5. The predicted molar refractivity (Wildman–Crippen MR) is 417 cm³/mol. The number of methoxy groups -OCH3 is 3. The van der Waals surface area contributed by atoms with Gasteiger partial charge in [-0.2, -0.15) is 0 Å². The summed E-state index contributed by atoms with van der Waals surface area (Å²) in [5.74, 6) is -3.99. The van der Waals surface area contributed by atoms with E-state index in [9.17, 15) is 43.5 Å². The van der Waals surface area contributed by atoms with Crippen LogP contribution < -0.4 is 44.5 Å². The summed E-state index contributed by atoms with van der Waals surface area (Å²) in [6.45, 7) is 6.40. The van der Waals surface area contributed by atoms with Crippen LogP contribution in [-0.2, 0) is 95.7 Å². The number of ether oxygens (including phenoxy) is 16. The molecular formula is C85H98N6O26. The van der Waals surface area contributed by atoms with Gasteiger partial charge in [0, 0.05) is 71.0 Å². The Balaban J connectivity index is 0.637. The summed E-state index contributed by atoms with van der Waals surface area (Å²) >= 11 is 0. The van der Waals surface area contributed by atoms with E-state index in [0.29, 0.717) is 55.2 Å². The van der Waals surface area contributed by atoms with E-state index in [1.165, 1.54) is 42.3 Å². The molecule has 117 heavy (non-hydrogen) atoms. The number of alkyl carbamates (subject to hydrolysis) is 1. The van der Waals surface area contributed by atoms with Gasteiger partial charge in [0.05, 0.1) is 128 Å². The molecule has 624 valence electrons. The minimum absolute atomic E-state index is 0.0000954. The maximum absolute atomic E-state index is 15.1. The molecule has 5 amide bonds. The Bertz CT molecular complexity index is 4570. The summed E-state index contributed by atoms with van der Waals surface area (Å²) in [7, 11) is 3.99. The number of carbonyl (C=O) groups is 9. The van der Waals surface area contributed by atoms with Crippen LogP contribution in [0.4, 0.5) is 26.7 Å². The predicted octanol–water partition coefficient (Wildman–Crippen LogP) is 8.80. The van der Waals surface area contributed by atoms with Crippen LogP contribution in [0.15, 0.2) is 115 Å². The largest absolute Gasteiger partial charge is 0.493 e. The zero-order valence-electron chi connectivity index (χ0n) is 66.1. The fourth-order valence-electron chi connectivity index (χ4n) is 15.7. The summed E-state index contributed by atoms with van der Waals surface area (Å²) < 4.78 is 92.5. The molecule has 2 aliphatic carbocycles. The number of benzene rings is 6. The zero-order chi connectivity index (χ0) is 82.3. The number of esters is 4. The van der Waals surface area contributed by atoms with E-state index < -0.39 is 97.5 Å². The van der Waals surface area contributed by atoms with Gasteiger partial charge in [0.2, 0.25) is 18.3 Å². The average Bonchev–Trinajstić information content (AvgIpc) is 1.62. The zero-order valence-corrected chi connectivity index (χ0v) is 66.1. The van der Waals surface area contributed by atoms with Crippen molar-refractivity contribution in [2.75, 3.05) is 129 Å². The fourth-order valence-corrected chi connectivity index (χ4v) is 15.7. The summed E-state index contributed by atoms with van der Waals surface area (Å²) in [5, 5.41) is 21.6. The molecule has 5 heterocycles. The van der Waals surface area contributed by atoms with E-state index in [-0.39, 0.29) is 155 Å². The highest BCUT2D eigenvalue weighted by atomic mass is 16.7. The van der Waals surface area contributed by atoms with Crippen LogP contribution in [-0.4, -0.2) is 231 Å². The lowest BCUT2D eigenvalue weighted by molar-refractivity contribution is -0.282. The molecule has 6 aromatic carbocycles. The first kappa shape index (κ1) is 83.6. The monoisotopic (exact) mass is 1620 g/mol. The van der Waals surface area contributed by atoms with Crippen molar-refractivity contribution in [2.45, 2.75) is 140 Å². The maximum atomic E-state index is 15.1. The van der Waals surface area contributed by atoms with Crippen LogP contribution in [0.1, 0.15) is 120 Å². The quantitative estimate of drug-likeness (QED) is 0.0162. The molecule has 8 atom stereocenters. The van der Waals surface area contributed by atoms with E-state index in [2.05, 4.69) is 40.2 Å². The first-order valence-corrected chi connectivity index (χ1v) is 39.2. The van der Waals surface area contributed by atoms with E-state index in [0.717, 1.165) is 92.0 Å². The summed E-state index contributed by atoms with van der Waals surface area (Å²) in [5.41, 5.74) is 7.82. The van der Waals surface area contributed by atoms with E-state index in [1.807, 2.05) is 59.5 Å². The minimum Gasteiger partial charge on any atom is -0.493 e. The van der Waals surface area contributed by atoms with Gasteiger partial charge in [0.15, 0.2) is 47.5 Å². The van der Waals surface area contributed by atoms with Crippen molar-refractivity contribution in [3.8, 4) is 39.9 Å². The van der Waals surface area contributed by atoms with Crippen LogP contribution in [0.2, 0.25) is 0 Å². The van der Waals surface area contributed by atoms with Crippen molar-refractivity contribution >= 4 is 70.8 Å². The molecule has 0 radical (unpaired) electrons. The lowest BCUT2D eigenvalue weighted by atomic mass is 9.93. The number of hydrogen-bond donors (Lipinski definition) is 4. The SMILES string of the molecule is COC(=O)[C@H]1O[C@@H](Oc2ccc(COC(=O)N3c4cc(OCCCCCOc5cc6c(cc5OC)C(=O)N5CC7(CC7)C[C@H]5CN6)c(OC)cc4C(=O)N4Cc5ccccc5C[C@H]4[C@@H]3O)cc2NC(=O)CCOCCOCCOCCOCCNC(=O)OCC2c3ccccc3-c3ccccc32)[C@H](OC(C)=O)[C@@H](OC(C)=O)[C@@H]1OC(C)=O. The van der Waals surface area contributed by atoms with Gasteiger partial charge < -0.3 is 107 Å². The molecule has 1 spiro atoms. The van der Waals surface area contributed by atoms with Crippen molar-refractivity contribution in [3.63, 3.8) is 0 Å². The second-order valence-electron chi connectivity index (χ2n) is 29.4. The van der Waals surface area contributed by atoms with Gasteiger partial charge in [-0.3, -0.25) is 28.8 Å². The average molecular weight is 1620 g/mol. The molecule has 0 aromatic heterocycles. The molecule has 2 saturated heterocycles. The first-order valence-electron chi connectivity index (χ1n) is 39.2. The number of aliphatic hydroxyl groups is 1. The molecule has 32 heteroatoms. The molecule has 7 aliphatic rings. The van der Waals surface area contributed by atoms with Crippen LogP contribution in [0, 0.1) is 5.41 Å². The number of nitrogens with one attached hydrogen (secondary N) is 3. The van der Waals surface area contributed by atoms with E-state index in [1.54, 1.807) is 13.2 Å². The molecule has 5 aliphatic heterocycles. The third-order valence-corrected chi connectivity index (χ3v) is 21.5. The lowest BCUT2D eigenvalue weighted by Crippen LogP contribution is -2.64. The standard InChI is InChI=1S/C85H98N6O26/c1-50(92)113-74-75(114-51(2)93)77(115-52(3)94)82(117-76(74)81(99)104-6)116-68-23-22-53(38-65(68)88-73(95)24-30-105-32-34-107-36-37-108-35-33-106-31-27-86-83(100)111-48-63-59-20-12-10-18-57(59)58-19-11-13-21-60(58)63)47-112-84(101)91-66-43-72(70(103-5)41-62(66)79(97)89-46-55-17-9-8-16-54(55)39-67(89)80(91)98)110-29-15-7-14-28-109-71-42-64-61(40-69(71)102-4)78(96)90-49-85(25-26-85)44-56(90)45-87-64/h8-13,16-23,38,40-43,56,63,67,74-77,80,82,87,98H,7,14-15,24-37,39,44-49H2,1-6H3,(H,86,100)(H,88,95)/t56-,67-,74-,75-,76-,77+,80-,82+/m0/s1. The number of rotatable bonds is 36. The van der Waals surface area contributed by atoms with Crippen LogP contribution in [0.3, 0.4) is 0 Å². The maximum Gasteiger partial charge on any atom is 0.416 e. The third kappa shape index (κ3) is 20.1. The number of carbonyl (C=O) groups excluding carboxylic acids is 9. The second-order valence-corrected chi connectivity index (χ2v) is 29.4. The number of nitrogens with zero attached hydrogens (tertiary/aromatic N) is 3. The number of hydrogen-bond acceptors (Lipinski definition) is 27. The van der Waals surface area contributed by atoms with Gasteiger partial charge in [-0.25, -0.2) is 19.3 Å². The summed E-state index contributed by atoms with van der Waals surface area (Å²) in [6.07, 6.45) is -7.22. The normalized spacial score (nSPS) is 20.4. The molecule has 1 saturated carbocycles. The highest BCUT2D eigenvalue weighted by molar-refractivity contribution is 6.06. The first-order chi connectivity index (χ1) is 56.7. The van der Waals surface area contributed by atoms with Gasteiger partial charge in [-0.15, -0.1) is 0 Å². The molecule has 3 fully saturated rings. The smallest absolute Gasteiger partial charge is 0.416 e. The van der Waals surface area contributed by atoms with Gasteiger partial charge in [0.1, 0.15) is 19.0 Å². The highest BCUT2D eigenvalue weighted by Gasteiger charge is 2.57. The number of anilines is 3. The Morgan fingerprint density at radius 1 is 0.598 bits per heavy atom. The Morgan fingerprint density at radius 3 is 1.85 bits per heavy atom. The molecule has 4 N–H and O–H groups in total. The molecule has 13 rings (SSSR count). The molecule has 32 nitrogen and oxygen atoms in total. The molecule has 6 aromatic rings. The van der Waals surface area contributed by atoms with Crippen LogP contribution >= 0.6 is 0 Å². The topological polar surface area (TPSA) is 367 Å². The van der Waals surface area contributed by atoms with Crippen molar-refractivity contribution in [1.29, 1.82) is 0 Å². The Labute approximate surface area is 676 Å². The van der Waals surface area contributed by atoms with Crippen molar-refractivity contribution in [2.24, 2.45) is 5.41 Å². The Hall–Kier alpha value is -11.3.